The third kappa shape index (κ3) is 8.24. The van der Waals surface area contributed by atoms with E-state index in [9.17, 15) is 9.59 Å². The standard InChI is InChI=1S/C12H26N2O3Si/c1-11(15)13-7-9-14(12(2)16)8-6-10-18(4,5)17-3/h6-10H2,1-5H3,(H,13,15). The number of carbonyl (C=O) groups is 2. The predicted octanol–water partition coefficient (Wildman–Crippen LogP) is 1.21. The van der Waals surface area contributed by atoms with Gasteiger partial charge in [0, 0.05) is 40.6 Å². The average Bonchev–Trinajstić information content (AvgIpc) is 2.26. The number of hydrogen-bond donors (Lipinski definition) is 1. The minimum atomic E-state index is -1.54. The van der Waals surface area contributed by atoms with Crippen molar-refractivity contribution in [3.05, 3.63) is 0 Å². The summed E-state index contributed by atoms with van der Waals surface area (Å²) in [5.41, 5.74) is 0. The third-order valence-corrected chi connectivity index (χ3v) is 5.62. The minimum absolute atomic E-state index is 0.0530. The molecule has 1 N–H and O–H groups in total. The molecule has 18 heavy (non-hydrogen) atoms. The third-order valence-electron chi connectivity index (χ3n) is 2.96. The first kappa shape index (κ1) is 17.1. The first-order valence-corrected chi connectivity index (χ1v) is 9.45. The van der Waals surface area contributed by atoms with Crippen molar-refractivity contribution in [3.8, 4) is 0 Å². The Morgan fingerprint density at radius 1 is 1.22 bits per heavy atom. The van der Waals surface area contributed by atoms with Gasteiger partial charge in [-0.05, 0) is 25.6 Å². The van der Waals surface area contributed by atoms with Gasteiger partial charge >= 0.3 is 0 Å². The quantitative estimate of drug-likeness (QED) is 0.677. The maximum Gasteiger partial charge on any atom is 0.219 e. The van der Waals surface area contributed by atoms with Gasteiger partial charge < -0.3 is 14.6 Å². The molecule has 0 heterocycles. The number of nitrogens with one attached hydrogen (secondary N) is 1. The van der Waals surface area contributed by atoms with Crippen LogP contribution >= 0.6 is 0 Å². The zero-order valence-corrected chi connectivity index (χ0v) is 13.2. The SMILES string of the molecule is CO[Si](C)(C)CCCN(CCNC(C)=O)C(C)=O. The summed E-state index contributed by atoms with van der Waals surface area (Å²) in [7, 11) is 0.220. The molecular weight excluding hydrogens is 248 g/mol. The van der Waals surface area contributed by atoms with Crippen LogP contribution in [0, 0.1) is 0 Å². The van der Waals surface area contributed by atoms with Gasteiger partial charge in [-0.25, -0.2) is 0 Å². The summed E-state index contributed by atoms with van der Waals surface area (Å²) in [5.74, 6) is -0.0105. The molecule has 0 atom stereocenters. The Morgan fingerprint density at radius 2 is 1.83 bits per heavy atom. The molecule has 0 spiro atoms. The first-order valence-electron chi connectivity index (χ1n) is 6.33. The van der Waals surface area contributed by atoms with Crippen molar-refractivity contribution in [1.82, 2.24) is 10.2 Å². The van der Waals surface area contributed by atoms with Crippen molar-refractivity contribution < 1.29 is 14.0 Å². The smallest absolute Gasteiger partial charge is 0.219 e. The van der Waals surface area contributed by atoms with Crippen molar-refractivity contribution in [2.75, 3.05) is 26.7 Å². The molecule has 0 radical (unpaired) electrons. The Balaban J connectivity index is 3.98. The topological polar surface area (TPSA) is 58.6 Å². The zero-order valence-electron chi connectivity index (χ0n) is 12.2. The molecule has 0 bridgehead atoms. The van der Waals surface area contributed by atoms with E-state index < -0.39 is 8.32 Å². The molecule has 0 aromatic carbocycles. The maximum absolute atomic E-state index is 11.4. The van der Waals surface area contributed by atoms with E-state index in [2.05, 4.69) is 18.4 Å². The number of amides is 2. The molecular formula is C12H26N2O3Si. The highest BCUT2D eigenvalue weighted by atomic mass is 28.4. The summed E-state index contributed by atoms with van der Waals surface area (Å²) in [5, 5.41) is 2.70. The second-order valence-electron chi connectivity index (χ2n) is 5.06. The van der Waals surface area contributed by atoms with Gasteiger partial charge in [-0.15, -0.1) is 0 Å². The lowest BCUT2D eigenvalue weighted by Crippen LogP contribution is -2.38. The normalized spacial score (nSPS) is 11.2. The fourth-order valence-electron chi connectivity index (χ4n) is 1.59. The summed E-state index contributed by atoms with van der Waals surface area (Å²) in [6.45, 7) is 9.20. The lowest BCUT2D eigenvalue weighted by Gasteiger charge is -2.24. The van der Waals surface area contributed by atoms with Crippen LogP contribution in [0.2, 0.25) is 19.1 Å². The van der Waals surface area contributed by atoms with Crippen LogP contribution < -0.4 is 5.32 Å². The summed E-state index contributed by atoms with van der Waals surface area (Å²) in [6, 6.07) is 1.04. The van der Waals surface area contributed by atoms with Crippen molar-refractivity contribution >= 4 is 20.1 Å². The highest BCUT2D eigenvalue weighted by Gasteiger charge is 2.20. The number of carbonyl (C=O) groups excluding carboxylic acids is 2. The fourth-order valence-corrected chi connectivity index (χ4v) is 2.80. The molecule has 0 unspecified atom stereocenters. The van der Waals surface area contributed by atoms with Crippen LogP contribution in [0.15, 0.2) is 0 Å². The molecule has 0 fully saturated rings. The molecule has 0 saturated heterocycles. The largest absolute Gasteiger partial charge is 0.420 e. The van der Waals surface area contributed by atoms with E-state index in [1.165, 1.54) is 6.92 Å². The zero-order chi connectivity index (χ0) is 14.2. The summed E-state index contributed by atoms with van der Waals surface area (Å²) >= 11 is 0. The van der Waals surface area contributed by atoms with Crippen LogP contribution in [0.3, 0.4) is 0 Å². The van der Waals surface area contributed by atoms with Gasteiger partial charge in [0.1, 0.15) is 0 Å². The van der Waals surface area contributed by atoms with Crippen molar-refractivity contribution in [3.63, 3.8) is 0 Å². The lowest BCUT2D eigenvalue weighted by atomic mass is 10.4. The first-order chi connectivity index (χ1) is 8.28. The van der Waals surface area contributed by atoms with Crippen LogP contribution in [-0.2, 0) is 14.0 Å². The van der Waals surface area contributed by atoms with Crippen LogP contribution in [0.5, 0.6) is 0 Å². The molecule has 5 nitrogen and oxygen atoms in total. The number of nitrogens with zero attached hydrogens (tertiary/aromatic N) is 1. The van der Waals surface area contributed by atoms with Crippen molar-refractivity contribution in [2.24, 2.45) is 0 Å². The highest BCUT2D eigenvalue weighted by molar-refractivity contribution is 6.71. The Kier molecular flexibility index (Phi) is 7.85. The lowest BCUT2D eigenvalue weighted by molar-refractivity contribution is -0.129. The fraction of sp³-hybridized carbons (Fsp3) is 0.833. The van der Waals surface area contributed by atoms with Crippen LogP contribution in [-0.4, -0.2) is 51.8 Å². The highest BCUT2D eigenvalue weighted by Crippen LogP contribution is 2.12. The molecule has 0 saturated carbocycles. The molecule has 0 aromatic heterocycles. The molecule has 6 heteroatoms. The molecule has 106 valence electrons. The van der Waals surface area contributed by atoms with Crippen LogP contribution in [0.1, 0.15) is 20.3 Å². The van der Waals surface area contributed by atoms with E-state index in [1.807, 2.05) is 0 Å². The Labute approximate surface area is 111 Å². The van der Waals surface area contributed by atoms with Gasteiger partial charge in [0.15, 0.2) is 8.32 Å². The van der Waals surface area contributed by atoms with Gasteiger partial charge in [-0.3, -0.25) is 9.59 Å². The molecule has 0 rings (SSSR count). The van der Waals surface area contributed by atoms with Gasteiger partial charge in [0.25, 0.3) is 0 Å². The van der Waals surface area contributed by atoms with Crippen molar-refractivity contribution in [2.45, 2.75) is 39.4 Å². The molecule has 0 aliphatic rings. The summed E-state index contributed by atoms with van der Waals surface area (Å²) in [4.78, 5) is 24.0. The van der Waals surface area contributed by atoms with E-state index in [0.29, 0.717) is 13.1 Å². The maximum atomic E-state index is 11.4. The molecule has 2 amide bonds. The van der Waals surface area contributed by atoms with E-state index >= 15 is 0 Å². The second-order valence-corrected chi connectivity index (χ2v) is 9.48. The monoisotopic (exact) mass is 274 g/mol. The summed E-state index contributed by atoms with van der Waals surface area (Å²) < 4.78 is 5.47. The Bertz CT molecular complexity index is 282. The minimum Gasteiger partial charge on any atom is -0.420 e. The Morgan fingerprint density at radius 3 is 2.28 bits per heavy atom. The van der Waals surface area contributed by atoms with Crippen LogP contribution in [0.4, 0.5) is 0 Å². The van der Waals surface area contributed by atoms with E-state index in [0.717, 1.165) is 19.0 Å². The molecule has 0 aliphatic carbocycles. The summed E-state index contributed by atoms with van der Waals surface area (Å²) in [6.07, 6.45) is 0.951. The van der Waals surface area contributed by atoms with E-state index in [-0.39, 0.29) is 11.8 Å². The van der Waals surface area contributed by atoms with Crippen LogP contribution in [0.25, 0.3) is 0 Å². The van der Waals surface area contributed by atoms with Gasteiger partial charge in [0.05, 0.1) is 0 Å². The average molecular weight is 274 g/mol. The van der Waals surface area contributed by atoms with Gasteiger partial charge in [0.2, 0.25) is 11.8 Å². The van der Waals surface area contributed by atoms with Gasteiger partial charge in [-0.1, -0.05) is 0 Å². The van der Waals surface area contributed by atoms with Crippen molar-refractivity contribution in [1.29, 1.82) is 0 Å². The Hall–Kier alpha value is -0.883. The van der Waals surface area contributed by atoms with E-state index in [4.69, 9.17) is 4.43 Å². The predicted molar refractivity (Wildman–Crippen MR) is 74.9 cm³/mol. The molecule has 0 aromatic rings. The second kappa shape index (κ2) is 8.26. The number of hydrogen-bond acceptors (Lipinski definition) is 3. The van der Waals surface area contributed by atoms with E-state index in [1.54, 1.807) is 18.9 Å². The number of rotatable bonds is 8. The van der Waals surface area contributed by atoms with Gasteiger partial charge in [-0.2, -0.15) is 0 Å². The molecule has 0 aliphatic heterocycles.